The third-order valence-electron chi connectivity index (χ3n) is 4.19. The van der Waals surface area contributed by atoms with E-state index in [4.69, 9.17) is 4.74 Å². The van der Waals surface area contributed by atoms with Crippen LogP contribution in [0.1, 0.15) is 32.1 Å². The maximum Gasteiger partial charge on any atom is 0.286 e. The first-order valence-electron chi connectivity index (χ1n) is 8.98. The average molecular weight is 389 g/mol. The Labute approximate surface area is 161 Å². The van der Waals surface area contributed by atoms with Crippen LogP contribution in [0.4, 0.5) is 5.69 Å². The molecule has 0 spiro atoms. The van der Waals surface area contributed by atoms with Crippen LogP contribution in [0.3, 0.4) is 0 Å². The van der Waals surface area contributed by atoms with E-state index in [1.165, 1.54) is 11.3 Å². The molecule has 1 saturated heterocycles. The number of amides is 2. The Kier molecular flexibility index (Phi) is 6.86. The number of morpholine rings is 1. The summed E-state index contributed by atoms with van der Waals surface area (Å²) in [5, 5.41) is 14.7. The minimum Gasteiger partial charge on any atom is -0.379 e. The minimum absolute atomic E-state index is 0.127. The van der Waals surface area contributed by atoms with E-state index in [0.717, 1.165) is 44.3 Å². The lowest BCUT2D eigenvalue weighted by Gasteiger charge is -2.26. The van der Waals surface area contributed by atoms with Gasteiger partial charge in [-0.3, -0.25) is 14.5 Å². The molecule has 1 aromatic heterocycles. The number of aromatic nitrogens is 2. The number of benzene rings is 1. The number of hydrogen-bond donors (Lipinski definition) is 2. The fourth-order valence-electron chi connectivity index (χ4n) is 2.63. The Hall–Kier alpha value is -2.36. The fourth-order valence-corrected chi connectivity index (χ4v) is 3.31. The van der Waals surface area contributed by atoms with Crippen molar-refractivity contribution in [2.75, 3.05) is 44.7 Å². The molecule has 1 aliphatic heterocycles. The zero-order valence-corrected chi connectivity index (χ0v) is 16.1. The Morgan fingerprint density at radius 3 is 2.56 bits per heavy atom. The number of aryl methyl sites for hydroxylation is 1. The molecule has 8 nitrogen and oxygen atoms in total. The van der Waals surface area contributed by atoms with Crippen molar-refractivity contribution in [3.05, 3.63) is 39.8 Å². The predicted octanol–water partition coefficient (Wildman–Crippen LogP) is 1.41. The molecule has 3 rings (SSSR count). The molecule has 1 fully saturated rings. The lowest BCUT2D eigenvalue weighted by Crippen LogP contribution is -2.41. The molecule has 1 aliphatic rings. The van der Waals surface area contributed by atoms with Crippen LogP contribution in [0, 0.1) is 0 Å². The molecule has 27 heavy (non-hydrogen) atoms. The van der Waals surface area contributed by atoms with E-state index >= 15 is 0 Å². The quantitative estimate of drug-likeness (QED) is 0.743. The van der Waals surface area contributed by atoms with E-state index in [1.54, 1.807) is 24.3 Å². The second kappa shape index (κ2) is 9.54. The number of carbonyl (C=O) groups is 2. The summed E-state index contributed by atoms with van der Waals surface area (Å²) in [4.78, 5) is 26.6. The van der Waals surface area contributed by atoms with Gasteiger partial charge >= 0.3 is 0 Å². The molecule has 0 aliphatic carbocycles. The van der Waals surface area contributed by atoms with Crippen LogP contribution in [0.15, 0.2) is 24.3 Å². The van der Waals surface area contributed by atoms with E-state index in [1.807, 2.05) is 6.92 Å². The van der Waals surface area contributed by atoms with Crippen LogP contribution >= 0.6 is 11.3 Å². The van der Waals surface area contributed by atoms with Gasteiger partial charge in [0.25, 0.3) is 11.8 Å². The van der Waals surface area contributed by atoms with Crippen LogP contribution in [-0.4, -0.2) is 66.3 Å². The van der Waals surface area contributed by atoms with Crippen molar-refractivity contribution in [3.63, 3.8) is 0 Å². The molecular weight excluding hydrogens is 366 g/mol. The van der Waals surface area contributed by atoms with Gasteiger partial charge in [-0.15, -0.1) is 10.2 Å². The van der Waals surface area contributed by atoms with E-state index in [2.05, 4.69) is 25.7 Å². The second-order valence-corrected chi connectivity index (χ2v) is 7.16. The smallest absolute Gasteiger partial charge is 0.286 e. The second-order valence-electron chi connectivity index (χ2n) is 6.10. The van der Waals surface area contributed by atoms with Gasteiger partial charge in [-0.2, -0.15) is 0 Å². The highest BCUT2D eigenvalue weighted by Gasteiger charge is 2.13. The van der Waals surface area contributed by atoms with E-state index < -0.39 is 0 Å². The summed E-state index contributed by atoms with van der Waals surface area (Å²) in [5.74, 6) is -0.423. The molecule has 1 aromatic carbocycles. The third-order valence-corrected chi connectivity index (χ3v) is 5.25. The average Bonchev–Trinajstić information content (AvgIpc) is 3.19. The van der Waals surface area contributed by atoms with Gasteiger partial charge in [0.05, 0.1) is 13.2 Å². The fraction of sp³-hybridized carbons (Fsp3) is 0.444. The number of rotatable bonds is 7. The zero-order chi connectivity index (χ0) is 19.1. The number of ether oxygens (including phenoxy) is 1. The van der Waals surface area contributed by atoms with Gasteiger partial charge in [-0.05, 0) is 30.7 Å². The molecule has 144 valence electrons. The molecule has 0 unspecified atom stereocenters. The lowest BCUT2D eigenvalue weighted by atomic mass is 10.2. The van der Waals surface area contributed by atoms with Crippen LogP contribution in [0.25, 0.3) is 0 Å². The maximum absolute atomic E-state index is 12.2. The Morgan fingerprint density at radius 2 is 1.89 bits per heavy atom. The van der Waals surface area contributed by atoms with Gasteiger partial charge in [-0.1, -0.05) is 18.3 Å². The van der Waals surface area contributed by atoms with Crippen molar-refractivity contribution >= 4 is 28.8 Å². The number of nitrogens with zero attached hydrogens (tertiary/aromatic N) is 3. The summed E-state index contributed by atoms with van der Waals surface area (Å²) in [6.45, 7) is 6.67. The van der Waals surface area contributed by atoms with Gasteiger partial charge in [0.2, 0.25) is 5.01 Å². The first-order chi connectivity index (χ1) is 13.2. The Morgan fingerprint density at radius 1 is 1.15 bits per heavy atom. The summed E-state index contributed by atoms with van der Waals surface area (Å²) in [6.07, 6.45) is 0.750. The molecule has 2 amide bonds. The standard InChI is InChI=1S/C18H23N5O3S/c1-2-15-21-22-18(27-15)17(25)20-14-5-3-13(4-6-14)16(24)19-7-8-23-9-11-26-12-10-23/h3-6H,2,7-12H2,1H3,(H,19,24)(H,20,25). The molecule has 0 saturated carbocycles. The summed E-state index contributed by atoms with van der Waals surface area (Å²) in [6, 6.07) is 6.79. The van der Waals surface area contributed by atoms with E-state index in [0.29, 0.717) is 22.8 Å². The third kappa shape index (κ3) is 5.56. The lowest BCUT2D eigenvalue weighted by molar-refractivity contribution is 0.0383. The van der Waals surface area contributed by atoms with Crippen LogP contribution in [-0.2, 0) is 11.2 Å². The summed E-state index contributed by atoms with van der Waals surface area (Å²) >= 11 is 1.28. The number of nitrogens with one attached hydrogen (secondary N) is 2. The van der Waals surface area contributed by atoms with Crippen molar-refractivity contribution in [2.45, 2.75) is 13.3 Å². The van der Waals surface area contributed by atoms with Crippen molar-refractivity contribution in [3.8, 4) is 0 Å². The summed E-state index contributed by atoms with van der Waals surface area (Å²) < 4.78 is 5.30. The van der Waals surface area contributed by atoms with Gasteiger partial charge in [0.1, 0.15) is 5.01 Å². The van der Waals surface area contributed by atoms with Crippen molar-refractivity contribution in [1.29, 1.82) is 0 Å². The molecule has 0 radical (unpaired) electrons. The van der Waals surface area contributed by atoms with Crippen molar-refractivity contribution < 1.29 is 14.3 Å². The minimum atomic E-state index is -0.296. The first-order valence-corrected chi connectivity index (χ1v) is 9.79. The van der Waals surface area contributed by atoms with Gasteiger partial charge in [-0.25, -0.2) is 0 Å². The van der Waals surface area contributed by atoms with Gasteiger partial charge in [0.15, 0.2) is 0 Å². The normalized spacial score (nSPS) is 14.7. The summed E-state index contributed by atoms with van der Waals surface area (Å²) in [7, 11) is 0. The molecule has 2 heterocycles. The Bertz CT molecular complexity index is 772. The van der Waals surface area contributed by atoms with Crippen molar-refractivity contribution in [1.82, 2.24) is 20.4 Å². The van der Waals surface area contributed by atoms with Crippen LogP contribution in [0.2, 0.25) is 0 Å². The molecule has 9 heteroatoms. The number of carbonyl (C=O) groups excluding carboxylic acids is 2. The van der Waals surface area contributed by atoms with Gasteiger partial charge < -0.3 is 15.4 Å². The van der Waals surface area contributed by atoms with Gasteiger partial charge in [0, 0.05) is 37.4 Å². The Balaban J connectivity index is 1.47. The number of hydrogen-bond acceptors (Lipinski definition) is 7. The molecule has 0 atom stereocenters. The highest BCUT2D eigenvalue weighted by molar-refractivity contribution is 7.13. The van der Waals surface area contributed by atoms with Crippen LogP contribution < -0.4 is 10.6 Å². The first kappa shape index (κ1) is 19.4. The number of anilines is 1. The largest absolute Gasteiger partial charge is 0.379 e. The molecule has 2 aromatic rings. The highest BCUT2D eigenvalue weighted by Crippen LogP contribution is 2.14. The molecule has 0 bridgehead atoms. The SMILES string of the molecule is CCc1nnc(C(=O)Nc2ccc(C(=O)NCCN3CCOCC3)cc2)s1. The van der Waals surface area contributed by atoms with E-state index in [9.17, 15) is 9.59 Å². The van der Waals surface area contributed by atoms with Crippen molar-refractivity contribution in [2.24, 2.45) is 0 Å². The zero-order valence-electron chi connectivity index (χ0n) is 15.2. The van der Waals surface area contributed by atoms with E-state index in [-0.39, 0.29) is 11.8 Å². The molecule has 2 N–H and O–H groups in total. The summed E-state index contributed by atoms with van der Waals surface area (Å²) in [5.41, 5.74) is 1.16. The monoisotopic (exact) mass is 389 g/mol. The topological polar surface area (TPSA) is 96.5 Å². The predicted molar refractivity (Wildman–Crippen MR) is 103 cm³/mol. The maximum atomic E-state index is 12.2. The molecular formula is C18H23N5O3S. The highest BCUT2D eigenvalue weighted by atomic mass is 32.1. The van der Waals surface area contributed by atoms with Crippen LogP contribution in [0.5, 0.6) is 0 Å².